The van der Waals surface area contributed by atoms with E-state index < -0.39 is 0 Å². The van der Waals surface area contributed by atoms with E-state index in [1.54, 1.807) is 0 Å². The molecule has 0 spiro atoms. The van der Waals surface area contributed by atoms with Crippen LogP contribution in [0.1, 0.15) is 26.7 Å². The molecular formula is C7H17NO. The van der Waals surface area contributed by atoms with Gasteiger partial charge in [0.15, 0.2) is 0 Å². The van der Waals surface area contributed by atoms with Crippen LogP contribution in [0.4, 0.5) is 0 Å². The van der Waals surface area contributed by atoms with Crippen molar-refractivity contribution >= 4 is 0 Å². The SMILES string of the molecule is CC(C)CC[C@H](O)CN. The minimum Gasteiger partial charge on any atom is -0.392 e. The van der Waals surface area contributed by atoms with E-state index in [4.69, 9.17) is 10.8 Å². The molecule has 0 heterocycles. The molecule has 0 aliphatic rings. The van der Waals surface area contributed by atoms with Gasteiger partial charge >= 0.3 is 0 Å². The molecule has 2 nitrogen and oxygen atoms in total. The molecule has 3 N–H and O–H groups in total. The number of aliphatic hydroxyl groups excluding tert-OH is 1. The molecule has 0 saturated carbocycles. The highest BCUT2D eigenvalue weighted by atomic mass is 16.3. The van der Waals surface area contributed by atoms with Gasteiger partial charge in [-0.3, -0.25) is 0 Å². The molecule has 0 unspecified atom stereocenters. The predicted molar refractivity (Wildman–Crippen MR) is 39.1 cm³/mol. The third-order valence-electron chi connectivity index (χ3n) is 1.35. The first-order valence-corrected chi connectivity index (χ1v) is 3.55. The van der Waals surface area contributed by atoms with Crippen LogP contribution in [0.15, 0.2) is 0 Å². The van der Waals surface area contributed by atoms with Gasteiger partial charge in [0.05, 0.1) is 6.10 Å². The van der Waals surface area contributed by atoms with Crippen LogP contribution in [0.2, 0.25) is 0 Å². The number of aliphatic hydroxyl groups is 1. The molecule has 0 aromatic rings. The maximum atomic E-state index is 8.98. The summed E-state index contributed by atoms with van der Waals surface area (Å²) in [6.45, 7) is 4.68. The molecule has 0 bridgehead atoms. The fourth-order valence-electron chi connectivity index (χ4n) is 0.644. The van der Waals surface area contributed by atoms with Gasteiger partial charge in [0.1, 0.15) is 0 Å². The van der Waals surface area contributed by atoms with Gasteiger partial charge in [0.25, 0.3) is 0 Å². The second-order valence-electron chi connectivity index (χ2n) is 2.86. The molecule has 9 heavy (non-hydrogen) atoms. The van der Waals surface area contributed by atoms with Crippen molar-refractivity contribution in [1.29, 1.82) is 0 Å². The van der Waals surface area contributed by atoms with E-state index in [0.29, 0.717) is 12.5 Å². The second kappa shape index (κ2) is 4.77. The van der Waals surface area contributed by atoms with E-state index in [1.165, 1.54) is 0 Å². The summed E-state index contributed by atoms with van der Waals surface area (Å²) >= 11 is 0. The molecule has 0 aromatic heterocycles. The average Bonchev–Trinajstić information content (AvgIpc) is 1.83. The lowest BCUT2D eigenvalue weighted by Crippen LogP contribution is -2.19. The fourth-order valence-corrected chi connectivity index (χ4v) is 0.644. The maximum absolute atomic E-state index is 8.98. The Kier molecular flexibility index (Phi) is 4.72. The quantitative estimate of drug-likeness (QED) is 0.591. The molecule has 2 heteroatoms. The van der Waals surface area contributed by atoms with Crippen molar-refractivity contribution in [3.63, 3.8) is 0 Å². The van der Waals surface area contributed by atoms with E-state index >= 15 is 0 Å². The molecule has 0 aromatic carbocycles. The van der Waals surface area contributed by atoms with Crippen molar-refractivity contribution in [1.82, 2.24) is 0 Å². The molecule has 0 fully saturated rings. The number of rotatable bonds is 4. The summed E-state index contributed by atoms with van der Waals surface area (Å²) < 4.78 is 0. The number of hydrogen-bond donors (Lipinski definition) is 2. The van der Waals surface area contributed by atoms with E-state index in [0.717, 1.165) is 12.8 Å². The first-order valence-electron chi connectivity index (χ1n) is 3.55. The zero-order valence-corrected chi connectivity index (χ0v) is 6.30. The van der Waals surface area contributed by atoms with Gasteiger partial charge in [-0.2, -0.15) is 0 Å². The zero-order valence-electron chi connectivity index (χ0n) is 6.30. The average molecular weight is 131 g/mol. The summed E-state index contributed by atoms with van der Waals surface area (Å²) in [5.74, 6) is 0.672. The first-order chi connectivity index (χ1) is 4.16. The van der Waals surface area contributed by atoms with Crippen LogP contribution >= 0.6 is 0 Å². The van der Waals surface area contributed by atoms with Crippen LogP contribution in [0.25, 0.3) is 0 Å². The molecular weight excluding hydrogens is 114 g/mol. The van der Waals surface area contributed by atoms with Crippen LogP contribution in [-0.2, 0) is 0 Å². The maximum Gasteiger partial charge on any atom is 0.0662 e. The molecule has 56 valence electrons. The molecule has 0 amide bonds. The first kappa shape index (κ1) is 8.92. The Hall–Kier alpha value is -0.0800. The third kappa shape index (κ3) is 5.80. The highest BCUT2D eigenvalue weighted by Gasteiger charge is 2.01. The van der Waals surface area contributed by atoms with Crippen LogP contribution in [-0.4, -0.2) is 17.8 Å². The summed E-state index contributed by atoms with van der Waals surface area (Å²) in [5.41, 5.74) is 5.21. The van der Waals surface area contributed by atoms with E-state index in [9.17, 15) is 0 Å². The predicted octanol–water partition coefficient (Wildman–Crippen LogP) is 0.742. The van der Waals surface area contributed by atoms with E-state index in [-0.39, 0.29) is 6.10 Å². The minimum atomic E-state index is -0.285. The Morgan fingerprint density at radius 2 is 1.89 bits per heavy atom. The second-order valence-corrected chi connectivity index (χ2v) is 2.86. The van der Waals surface area contributed by atoms with Crippen molar-refractivity contribution < 1.29 is 5.11 Å². The van der Waals surface area contributed by atoms with Gasteiger partial charge < -0.3 is 10.8 Å². The normalized spacial score (nSPS) is 14.3. The number of hydrogen-bond acceptors (Lipinski definition) is 2. The van der Waals surface area contributed by atoms with E-state index in [1.807, 2.05) is 0 Å². The van der Waals surface area contributed by atoms with Gasteiger partial charge in [0, 0.05) is 6.54 Å². The summed E-state index contributed by atoms with van der Waals surface area (Å²) in [5, 5.41) is 8.98. The Morgan fingerprint density at radius 1 is 1.33 bits per heavy atom. The Bertz CT molecular complexity index is 63.9. The number of nitrogens with two attached hydrogens (primary N) is 1. The van der Waals surface area contributed by atoms with Crippen molar-refractivity contribution in [2.75, 3.05) is 6.54 Å². The highest BCUT2D eigenvalue weighted by molar-refractivity contribution is 4.56. The van der Waals surface area contributed by atoms with Crippen LogP contribution in [0, 0.1) is 5.92 Å². The van der Waals surface area contributed by atoms with Crippen LogP contribution < -0.4 is 5.73 Å². The molecule has 0 aliphatic heterocycles. The smallest absolute Gasteiger partial charge is 0.0662 e. The third-order valence-corrected chi connectivity index (χ3v) is 1.35. The fraction of sp³-hybridized carbons (Fsp3) is 1.00. The van der Waals surface area contributed by atoms with Crippen molar-refractivity contribution in [3.8, 4) is 0 Å². The summed E-state index contributed by atoms with van der Waals surface area (Å²) in [6.07, 6.45) is 1.62. The monoisotopic (exact) mass is 131 g/mol. The van der Waals surface area contributed by atoms with E-state index in [2.05, 4.69) is 13.8 Å². The molecule has 0 rings (SSSR count). The van der Waals surface area contributed by atoms with Crippen molar-refractivity contribution in [2.45, 2.75) is 32.8 Å². The topological polar surface area (TPSA) is 46.2 Å². The molecule has 0 radical (unpaired) electrons. The molecule has 1 atom stereocenters. The lowest BCUT2D eigenvalue weighted by molar-refractivity contribution is 0.164. The molecule has 0 saturated heterocycles. The molecule has 0 aliphatic carbocycles. The van der Waals surface area contributed by atoms with Crippen LogP contribution in [0.3, 0.4) is 0 Å². The Labute approximate surface area is 57.1 Å². The zero-order chi connectivity index (χ0) is 7.28. The lowest BCUT2D eigenvalue weighted by Gasteiger charge is -2.08. The summed E-state index contributed by atoms with van der Waals surface area (Å²) in [7, 11) is 0. The highest BCUT2D eigenvalue weighted by Crippen LogP contribution is 2.05. The standard InChI is InChI=1S/C7H17NO/c1-6(2)3-4-7(9)5-8/h6-7,9H,3-5,8H2,1-2H3/t7-/m0/s1. The summed E-state index contributed by atoms with van der Waals surface area (Å²) in [4.78, 5) is 0. The van der Waals surface area contributed by atoms with Crippen LogP contribution in [0.5, 0.6) is 0 Å². The van der Waals surface area contributed by atoms with Gasteiger partial charge in [-0.25, -0.2) is 0 Å². The minimum absolute atomic E-state index is 0.285. The van der Waals surface area contributed by atoms with Gasteiger partial charge in [-0.05, 0) is 18.8 Å². The van der Waals surface area contributed by atoms with Crippen molar-refractivity contribution in [2.24, 2.45) is 11.7 Å². The van der Waals surface area contributed by atoms with Gasteiger partial charge in [0.2, 0.25) is 0 Å². The largest absolute Gasteiger partial charge is 0.392 e. The van der Waals surface area contributed by atoms with Gasteiger partial charge in [-0.15, -0.1) is 0 Å². The Balaban J connectivity index is 3.06. The Morgan fingerprint density at radius 3 is 2.22 bits per heavy atom. The lowest BCUT2D eigenvalue weighted by atomic mass is 10.1. The van der Waals surface area contributed by atoms with Crippen molar-refractivity contribution in [3.05, 3.63) is 0 Å². The summed E-state index contributed by atoms with van der Waals surface area (Å²) in [6, 6.07) is 0. The van der Waals surface area contributed by atoms with Gasteiger partial charge in [-0.1, -0.05) is 13.8 Å².